The first-order chi connectivity index (χ1) is 10.3. The molecule has 3 rings (SSSR count). The first kappa shape index (κ1) is 15.3. The fourth-order valence-electron chi connectivity index (χ4n) is 2.49. The van der Waals surface area contributed by atoms with E-state index < -0.39 is 0 Å². The average Bonchev–Trinajstić information content (AvgIpc) is 2.56. The predicted molar refractivity (Wildman–Crippen MR) is 82.3 cm³/mol. The molecule has 112 valence electrons. The van der Waals surface area contributed by atoms with Crippen LogP contribution in [0.4, 0.5) is 4.39 Å². The zero-order chi connectivity index (χ0) is 15.2. The molecule has 2 aromatic rings. The van der Waals surface area contributed by atoms with Gasteiger partial charge in [-0.1, -0.05) is 18.2 Å². The molecule has 0 amide bonds. The standard InChI is InChI=1S/C16H15FO2.CH5N/c1-18-15-10-12(17)7-8-13(15)14-6-2-4-11-5-3-9-19-16(11)14;1-2/h2,4,6-8,10H,3,5,9H2,1H3;2H2,1H3. The Hall–Kier alpha value is -2.07. The number of halogens is 1. The highest BCUT2D eigenvalue weighted by molar-refractivity contribution is 5.77. The number of para-hydroxylation sites is 1. The van der Waals surface area contributed by atoms with Gasteiger partial charge in [0.25, 0.3) is 0 Å². The summed E-state index contributed by atoms with van der Waals surface area (Å²) in [6.45, 7) is 0.730. The maximum atomic E-state index is 13.3. The summed E-state index contributed by atoms with van der Waals surface area (Å²) in [5, 5.41) is 0. The molecule has 0 saturated heterocycles. The van der Waals surface area contributed by atoms with E-state index in [4.69, 9.17) is 9.47 Å². The number of methoxy groups -OCH3 is 1. The zero-order valence-electron chi connectivity index (χ0n) is 12.4. The Bertz CT molecular complexity index is 614. The fourth-order valence-corrected chi connectivity index (χ4v) is 2.49. The van der Waals surface area contributed by atoms with Gasteiger partial charge in [-0.3, -0.25) is 0 Å². The van der Waals surface area contributed by atoms with Crippen LogP contribution in [0.25, 0.3) is 11.1 Å². The Morgan fingerprint density at radius 2 is 1.95 bits per heavy atom. The van der Waals surface area contributed by atoms with Gasteiger partial charge >= 0.3 is 0 Å². The third-order valence-electron chi connectivity index (χ3n) is 3.39. The van der Waals surface area contributed by atoms with Crippen LogP contribution in [0.3, 0.4) is 0 Å². The molecule has 2 aromatic carbocycles. The van der Waals surface area contributed by atoms with E-state index in [1.54, 1.807) is 13.2 Å². The quantitative estimate of drug-likeness (QED) is 0.921. The van der Waals surface area contributed by atoms with E-state index in [-0.39, 0.29) is 5.82 Å². The lowest BCUT2D eigenvalue weighted by Gasteiger charge is -2.21. The number of aryl methyl sites for hydroxylation is 1. The summed E-state index contributed by atoms with van der Waals surface area (Å²) in [7, 11) is 3.05. The summed E-state index contributed by atoms with van der Waals surface area (Å²) < 4.78 is 24.3. The topological polar surface area (TPSA) is 44.5 Å². The SMILES string of the molecule is CN.COc1cc(F)ccc1-c1cccc2c1OCCC2. The van der Waals surface area contributed by atoms with Crippen LogP contribution in [-0.4, -0.2) is 20.8 Å². The molecule has 0 unspecified atom stereocenters. The summed E-state index contributed by atoms with van der Waals surface area (Å²) in [4.78, 5) is 0. The van der Waals surface area contributed by atoms with Gasteiger partial charge in [0.1, 0.15) is 17.3 Å². The molecule has 3 nitrogen and oxygen atoms in total. The van der Waals surface area contributed by atoms with Crippen molar-refractivity contribution in [2.75, 3.05) is 20.8 Å². The van der Waals surface area contributed by atoms with Gasteiger partial charge in [0, 0.05) is 17.2 Å². The second kappa shape index (κ2) is 7.09. The van der Waals surface area contributed by atoms with Gasteiger partial charge in [0.05, 0.1) is 13.7 Å². The van der Waals surface area contributed by atoms with Crippen LogP contribution in [0.1, 0.15) is 12.0 Å². The molecule has 0 radical (unpaired) electrons. The Balaban J connectivity index is 0.000000774. The maximum Gasteiger partial charge on any atom is 0.130 e. The minimum absolute atomic E-state index is 0.300. The molecule has 1 aliphatic heterocycles. The van der Waals surface area contributed by atoms with Crippen molar-refractivity contribution in [1.29, 1.82) is 0 Å². The highest BCUT2D eigenvalue weighted by atomic mass is 19.1. The summed E-state index contributed by atoms with van der Waals surface area (Å²) in [6, 6.07) is 10.7. The molecule has 0 atom stereocenters. The van der Waals surface area contributed by atoms with Gasteiger partial charge in [-0.25, -0.2) is 4.39 Å². The van der Waals surface area contributed by atoms with Crippen LogP contribution >= 0.6 is 0 Å². The molecule has 0 fully saturated rings. The lowest BCUT2D eigenvalue weighted by atomic mass is 9.97. The number of benzene rings is 2. The van der Waals surface area contributed by atoms with E-state index in [1.165, 1.54) is 24.7 Å². The Kier molecular flexibility index (Phi) is 5.17. The van der Waals surface area contributed by atoms with Crippen molar-refractivity contribution < 1.29 is 13.9 Å². The Labute approximate surface area is 124 Å². The molecule has 1 heterocycles. The van der Waals surface area contributed by atoms with Crippen molar-refractivity contribution in [3.05, 3.63) is 47.8 Å². The minimum Gasteiger partial charge on any atom is -0.496 e. The number of hydrogen-bond acceptors (Lipinski definition) is 3. The first-order valence-electron chi connectivity index (χ1n) is 6.96. The molecular weight excluding hydrogens is 269 g/mol. The van der Waals surface area contributed by atoms with Crippen LogP contribution in [0.5, 0.6) is 11.5 Å². The number of nitrogens with two attached hydrogens (primary N) is 1. The second-order valence-electron chi connectivity index (χ2n) is 4.59. The van der Waals surface area contributed by atoms with Crippen LogP contribution in [0, 0.1) is 5.82 Å². The van der Waals surface area contributed by atoms with Crippen molar-refractivity contribution in [3.63, 3.8) is 0 Å². The van der Waals surface area contributed by atoms with Crippen LogP contribution < -0.4 is 15.2 Å². The normalized spacial score (nSPS) is 12.6. The second-order valence-corrected chi connectivity index (χ2v) is 4.59. The summed E-state index contributed by atoms with van der Waals surface area (Å²) in [5.41, 5.74) is 7.53. The maximum absolute atomic E-state index is 13.3. The van der Waals surface area contributed by atoms with Gasteiger partial charge in [-0.05, 0) is 37.6 Å². The van der Waals surface area contributed by atoms with E-state index in [0.717, 1.165) is 36.3 Å². The lowest BCUT2D eigenvalue weighted by Crippen LogP contribution is -2.09. The van der Waals surface area contributed by atoms with Gasteiger partial charge < -0.3 is 15.2 Å². The van der Waals surface area contributed by atoms with E-state index >= 15 is 0 Å². The number of ether oxygens (including phenoxy) is 2. The van der Waals surface area contributed by atoms with Crippen molar-refractivity contribution in [2.45, 2.75) is 12.8 Å². The molecule has 2 N–H and O–H groups in total. The number of fused-ring (bicyclic) bond motifs is 1. The van der Waals surface area contributed by atoms with Crippen molar-refractivity contribution in [2.24, 2.45) is 5.73 Å². The minimum atomic E-state index is -0.300. The third kappa shape index (κ3) is 3.16. The van der Waals surface area contributed by atoms with E-state index in [2.05, 4.69) is 11.8 Å². The predicted octanol–water partition coefficient (Wildman–Crippen LogP) is 3.40. The largest absolute Gasteiger partial charge is 0.496 e. The molecule has 0 saturated carbocycles. The van der Waals surface area contributed by atoms with E-state index in [9.17, 15) is 4.39 Å². The smallest absolute Gasteiger partial charge is 0.130 e. The van der Waals surface area contributed by atoms with Crippen LogP contribution in [0.2, 0.25) is 0 Å². The Morgan fingerprint density at radius 3 is 2.71 bits per heavy atom. The first-order valence-corrected chi connectivity index (χ1v) is 6.96. The summed E-state index contributed by atoms with van der Waals surface area (Å²) >= 11 is 0. The molecule has 0 spiro atoms. The van der Waals surface area contributed by atoms with E-state index in [0.29, 0.717) is 5.75 Å². The molecule has 21 heavy (non-hydrogen) atoms. The highest BCUT2D eigenvalue weighted by Gasteiger charge is 2.18. The number of hydrogen-bond donors (Lipinski definition) is 1. The highest BCUT2D eigenvalue weighted by Crippen LogP contribution is 2.40. The molecular formula is C17H20FNO2. The van der Waals surface area contributed by atoms with Crippen LogP contribution in [0.15, 0.2) is 36.4 Å². The molecule has 0 aliphatic carbocycles. The molecule has 4 heteroatoms. The average molecular weight is 289 g/mol. The monoisotopic (exact) mass is 289 g/mol. The van der Waals surface area contributed by atoms with Crippen LogP contribution in [-0.2, 0) is 6.42 Å². The lowest BCUT2D eigenvalue weighted by molar-refractivity contribution is 0.289. The fraction of sp³-hybridized carbons (Fsp3) is 0.294. The van der Waals surface area contributed by atoms with Crippen molar-refractivity contribution >= 4 is 0 Å². The van der Waals surface area contributed by atoms with Crippen molar-refractivity contribution in [3.8, 4) is 22.6 Å². The van der Waals surface area contributed by atoms with Gasteiger partial charge in [-0.2, -0.15) is 0 Å². The van der Waals surface area contributed by atoms with Gasteiger partial charge in [0.2, 0.25) is 0 Å². The number of rotatable bonds is 2. The zero-order valence-corrected chi connectivity index (χ0v) is 12.4. The van der Waals surface area contributed by atoms with Gasteiger partial charge in [-0.15, -0.1) is 0 Å². The summed E-state index contributed by atoms with van der Waals surface area (Å²) in [6.07, 6.45) is 2.06. The molecule has 0 bridgehead atoms. The van der Waals surface area contributed by atoms with E-state index in [1.807, 2.05) is 12.1 Å². The molecule has 1 aliphatic rings. The summed E-state index contributed by atoms with van der Waals surface area (Å²) in [5.74, 6) is 1.13. The molecule has 0 aromatic heterocycles. The van der Waals surface area contributed by atoms with Gasteiger partial charge in [0.15, 0.2) is 0 Å². The Morgan fingerprint density at radius 1 is 1.14 bits per heavy atom. The van der Waals surface area contributed by atoms with Crippen molar-refractivity contribution in [1.82, 2.24) is 0 Å². The third-order valence-corrected chi connectivity index (χ3v) is 3.39.